The lowest BCUT2D eigenvalue weighted by Crippen LogP contribution is -2.21. The zero-order valence-electron chi connectivity index (χ0n) is 10.6. The van der Waals surface area contributed by atoms with Crippen molar-refractivity contribution in [3.8, 4) is 0 Å². The van der Waals surface area contributed by atoms with E-state index in [4.69, 9.17) is 5.73 Å². The molecule has 2 aromatic rings. The summed E-state index contributed by atoms with van der Waals surface area (Å²) in [5, 5.41) is 10.2. The molecule has 0 saturated heterocycles. The highest BCUT2D eigenvalue weighted by Gasteiger charge is 2.24. The maximum Gasteiger partial charge on any atom is 0.126 e. The zero-order chi connectivity index (χ0) is 14.7. The van der Waals surface area contributed by atoms with Crippen molar-refractivity contribution in [1.82, 2.24) is 0 Å². The van der Waals surface area contributed by atoms with E-state index in [-0.39, 0.29) is 17.7 Å². The summed E-state index contributed by atoms with van der Waals surface area (Å²) < 4.78 is 40.1. The topological polar surface area (TPSA) is 46.2 Å². The lowest BCUT2D eigenvalue weighted by Gasteiger charge is -2.22. The zero-order valence-corrected chi connectivity index (χ0v) is 10.6. The molecule has 20 heavy (non-hydrogen) atoms. The minimum atomic E-state index is -1.29. The van der Waals surface area contributed by atoms with Crippen molar-refractivity contribution in [3.63, 3.8) is 0 Å². The molecule has 2 unspecified atom stereocenters. The van der Waals surface area contributed by atoms with Crippen LogP contribution < -0.4 is 5.73 Å². The van der Waals surface area contributed by atoms with Crippen LogP contribution in [0.25, 0.3) is 0 Å². The molecule has 0 radical (unpaired) electrons. The highest BCUT2D eigenvalue weighted by atomic mass is 19.1. The molecular weight excluding hydrogens is 267 g/mol. The molecular formula is C15H14F3NO. The Morgan fingerprint density at radius 1 is 1.00 bits per heavy atom. The summed E-state index contributed by atoms with van der Waals surface area (Å²) in [4.78, 5) is 0. The summed E-state index contributed by atoms with van der Waals surface area (Å²) in [6, 6.07) is 8.59. The van der Waals surface area contributed by atoms with Crippen LogP contribution in [0.5, 0.6) is 0 Å². The summed E-state index contributed by atoms with van der Waals surface area (Å²) >= 11 is 0. The van der Waals surface area contributed by atoms with Gasteiger partial charge in [0.05, 0.1) is 6.10 Å². The van der Waals surface area contributed by atoms with Crippen molar-refractivity contribution in [2.75, 3.05) is 6.54 Å². The number of halogens is 3. The first-order valence-corrected chi connectivity index (χ1v) is 6.11. The first kappa shape index (κ1) is 14.6. The Morgan fingerprint density at radius 3 is 2.15 bits per heavy atom. The normalized spacial score (nSPS) is 14.1. The van der Waals surface area contributed by atoms with Crippen molar-refractivity contribution >= 4 is 0 Å². The van der Waals surface area contributed by atoms with Gasteiger partial charge in [0, 0.05) is 18.5 Å². The molecule has 0 aliphatic rings. The number of hydrogen-bond donors (Lipinski definition) is 2. The molecule has 2 atom stereocenters. The van der Waals surface area contributed by atoms with Crippen molar-refractivity contribution in [2.24, 2.45) is 5.73 Å². The van der Waals surface area contributed by atoms with Gasteiger partial charge in [-0.05, 0) is 29.3 Å². The smallest absolute Gasteiger partial charge is 0.126 e. The maximum absolute atomic E-state index is 13.7. The fourth-order valence-corrected chi connectivity index (χ4v) is 2.18. The quantitative estimate of drug-likeness (QED) is 0.905. The Hall–Kier alpha value is -1.85. The molecule has 0 aromatic heterocycles. The van der Waals surface area contributed by atoms with Gasteiger partial charge in [0.2, 0.25) is 0 Å². The van der Waals surface area contributed by atoms with E-state index in [0.29, 0.717) is 6.07 Å². The van der Waals surface area contributed by atoms with Gasteiger partial charge in [-0.2, -0.15) is 0 Å². The van der Waals surface area contributed by atoms with Crippen LogP contribution in [0.15, 0.2) is 42.5 Å². The predicted octanol–water partition coefficient (Wildman–Crippen LogP) is 2.88. The third-order valence-electron chi connectivity index (χ3n) is 3.17. The third kappa shape index (κ3) is 3.00. The highest BCUT2D eigenvalue weighted by molar-refractivity contribution is 5.29. The van der Waals surface area contributed by atoms with Gasteiger partial charge in [-0.1, -0.05) is 18.2 Å². The number of hydrogen-bond acceptors (Lipinski definition) is 2. The predicted molar refractivity (Wildman–Crippen MR) is 69.5 cm³/mol. The third-order valence-corrected chi connectivity index (χ3v) is 3.17. The molecule has 0 saturated carbocycles. The van der Waals surface area contributed by atoms with E-state index < -0.39 is 29.5 Å². The van der Waals surface area contributed by atoms with E-state index in [1.54, 1.807) is 6.07 Å². The van der Waals surface area contributed by atoms with Gasteiger partial charge >= 0.3 is 0 Å². The molecule has 3 N–H and O–H groups in total. The minimum absolute atomic E-state index is 0.0289. The number of rotatable bonds is 4. The summed E-state index contributed by atoms with van der Waals surface area (Å²) in [5.74, 6) is -2.90. The molecule has 0 spiro atoms. The second-order valence-electron chi connectivity index (χ2n) is 4.51. The van der Waals surface area contributed by atoms with E-state index in [0.717, 1.165) is 12.1 Å². The van der Waals surface area contributed by atoms with Gasteiger partial charge < -0.3 is 10.8 Å². The highest BCUT2D eigenvalue weighted by Crippen LogP contribution is 2.32. The summed E-state index contributed by atoms with van der Waals surface area (Å²) in [6.07, 6.45) is -1.29. The van der Waals surface area contributed by atoms with Crippen LogP contribution in [0.3, 0.4) is 0 Å². The molecule has 2 rings (SSSR count). The molecule has 106 valence electrons. The van der Waals surface area contributed by atoms with E-state index >= 15 is 0 Å². The average Bonchev–Trinajstić information content (AvgIpc) is 2.40. The van der Waals surface area contributed by atoms with E-state index in [1.807, 2.05) is 0 Å². The van der Waals surface area contributed by atoms with Crippen molar-refractivity contribution in [2.45, 2.75) is 12.0 Å². The number of nitrogens with two attached hydrogens (primary N) is 1. The van der Waals surface area contributed by atoms with E-state index in [9.17, 15) is 18.3 Å². The van der Waals surface area contributed by atoms with Crippen LogP contribution in [0.4, 0.5) is 13.2 Å². The number of aliphatic hydroxyl groups is 1. The fourth-order valence-electron chi connectivity index (χ4n) is 2.18. The van der Waals surface area contributed by atoms with Crippen LogP contribution in [0.1, 0.15) is 23.1 Å². The van der Waals surface area contributed by atoms with Crippen LogP contribution >= 0.6 is 0 Å². The standard InChI is InChI=1S/C15H14F3NO/c16-10-5-9(6-11(17)7-10)15(20)13(8-19)12-3-1-2-4-14(12)18/h1-7,13,15,20H,8,19H2. The van der Waals surface area contributed by atoms with Crippen LogP contribution in [-0.4, -0.2) is 11.7 Å². The Bertz CT molecular complexity index is 583. The van der Waals surface area contributed by atoms with Crippen LogP contribution in [-0.2, 0) is 0 Å². The molecule has 0 aliphatic heterocycles. The molecule has 0 bridgehead atoms. The average molecular weight is 281 g/mol. The summed E-state index contributed by atoms with van der Waals surface area (Å²) in [7, 11) is 0. The fraction of sp³-hybridized carbons (Fsp3) is 0.200. The summed E-state index contributed by atoms with van der Waals surface area (Å²) in [5.41, 5.74) is 5.82. The molecule has 0 fully saturated rings. The lowest BCUT2D eigenvalue weighted by molar-refractivity contribution is 0.145. The number of benzene rings is 2. The van der Waals surface area contributed by atoms with Gasteiger partial charge in [-0.15, -0.1) is 0 Å². The SMILES string of the molecule is NCC(c1ccccc1F)C(O)c1cc(F)cc(F)c1. The van der Waals surface area contributed by atoms with Crippen molar-refractivity contribution in [1.29, 1.82) is 0 Å². The van der Waals surface area contributed by atoms with Gasteiger partial charge in [0.25, 0.3) is 0 Å². The molecule has 2 aromatic carbocycles. The van der Waals surface area contributed by atoms with E-state index in [1.165, 1.54) is 18.2 Å². The van der Waals surface area contributed by atoms with Crippen molar-refractivity contribution in [3.05, 3.63) is 71.0 Å². The minimum Gasteiger partial charge on any atom is -0.388 e. The first-order valence-electron chi connectivity index (χ1n) is 6.11. The Labute approximate surface area is 114 Å². The Morgan fingerprint density at radius 2 is 1.60 bits per heavy atom. The molecule has 0 aliphatic carbocycles. The molecule has 0 amide bonds. The largest absolute Gasteiger partial charge is 0.388 e. The second-order valence-corrected chi connectivity index (χ2v) is 4.51. The first-order chi connectivity index (χ1) is 9.52. The van der Waals surface area contributed by atoms with E-state index in [2.05, 4.69) is 0 Å². The second kappa shape index (κ2) is 6.07. The van der Waals surface area contributed by atoms with Gasteiger partial charge in [-0.25, -0.2) is 13.2 Å². The molecule has 0 heterocycles. The van der Waals surface area contributed by atoms with Crippen LogP contribution in [0, 0.1) is 17.5 Å². The van der Waals surface area contributed by atoms with Gasteiger partial charge in [0.15, 0.2) is 0 Å². The molecule has 5 heteroatoms. The molecule has 2 nitrogen and oxygen atoms in total. The lowest BCUT2D eigenvalue weighted by atomic mass is 9.89. The Balaban J connectivity index is 2.39. The van der Waals surface area contributed by atoms with Crippen molar-refractivity contribution < 1.29 is 18.3 Å². The van der Waals surface area contributed by atoms with Gasteiger partial charge in [0.1, 0.15) is 17.5 Å². The number of aliphatic hydroxyl groups excluding tert-OH is 1. The monoisotopic (exact) mass is 281 g/mol. The summed E-state index contributed by atoms with van der Waals surface area (Å²) in [6.45, 7) is -0.0553. The van der Waals surface area contributed by atoms with Crippen LogP contribution in [0.2, 0.25) is 0 Å². The maximum atomic E-state index is 13.7. The van der Waals surface area contributed by atoms with Gasteiger partial charge in [-0.3, -0.25) is 0 Å². The Kier molecular flexibility index (Phi) is 4.42.